The number of aryl methyl sites for hydroxylation is 3. The Bertz CT molecular complexity index is 932. The number of nitrogens with zero attached hydrogens (tertiary/aromatic N) is 2. The standard InChI is InChI=1S/C20H22N2OS/c1-4-14-9-11-15(12-10-14)13-18(23)21-20-22(3)19-16(5-2)7-6-8-17(19)24-20/h6-12H,4-5,13H2,1-3H3. The lowest BCUT2D eigenvalue weighted by Crippen LogP contribution is -2.14. The number of hydrogen-bond acceptors (Lipinski definition) is 2. The van der Waals surface area contributed by atoms with Crippen molar-refractivity contribution in [2.45, 2.75) is 33.1 Å². The number of carbonyl (C=O) groups excluding carboxylic acids is 1. The third kappa shape index (κ3) is 3.34. The zero-order valence-electron chi connectivity index (χ0n) is 14.4. The maximum atomic E-state index is 12.3. The van der Waals surface area contributed by atoms with Crippen LogP contribution in [0.4, 0.5) is 0 Å². The lowest BCUT2D eigenvalue weighted by atomic mass is 10.1. The molecule has 0 aliphatic heterocycles. The first-order valence-corrected chi connectivity index (χ1v) is 9.16. The normalized spacial score (nSPS) is 12.0. The minimum absolute atomic E-state index is 0.0977. The average molecular weight is 338 g/mol. The molecule has 0 unspecified atom stereocenters. The van der Waals surface area contributed by atoms with Crippen molar-refractivity contribution in [1.82, 2.24) is 4.57 Å². The van der Waals surface area contributed by atoms with E-state index in [1.54, 1.807) is 11.3 Å². The lowest BCUT2D eigenvalue weighted by molar-refractivity contribution is -0.117. The largest absolute Gasteiger partial charge is 0.319 e. The molecule has 3 aromatic rings. The van der Waals surface area contributed by atoms with Gasteiger partial charge in [0.05, 0.1) is 16.6 Å². The van der Waals surface area contributed by atoms with Gasteiger partial charge in [-0.3, -0.25) is 4.79 Å². The molecule has 124 valence electrons. The number of carbonyl (C=O) groups is 1. The van der Waals surface area contributed by atoms with E-state index in [1.807, 2.05) is 23.7 Å². The summed E-state index contributed by atoms with van der Waals surface area (Å²) in [6, 6.07) is 14.5. The Hall–Kier alpha value is -2.20. The van der Waals surface area contributed by atoms with Gasteiger partial charge in [0.15, 0.2) is 4.80 Å². The molecule has 0 spiro atoms. The highest BCUT2D eigenvalue weighted by Crippen LogP contribution is 2.21. The smallest absolute Gasteiger partial charge is 0.252 e. The van der Waals surface area contributed by atoms with E-state index in [0.29, 0.717) is 6.42 Å². The van der Waals surface area contributed by atoms with Gasteiger partial charge in [0.2, 0.25) is 0 Å². The van der Waals surface area contributed by atoms with E-state index in [2.05, 4.69) is 49.2 Å². The molecule has 2 aromatic carbocycles. The monoisotopic (exact) mass is 338 g/mol. The number of aromatic nitrogens is 1. The van der Waals surface area contributed by atoms with Crippen LogP contribution in [0.15, 0.2) is 47.5 Å². The Morgan fingerprint density at radius 1 is 1.04 bits per heavy atom. The number of rotatable bonds is 4. The Balaban J connectivity index is 1.91. The van der Waals surface area contributed by atoms with Gasteiger partial charge in [-0.25, -0.2) is 0 Å². The molecule has 24 heavy (non-hydrogen) atoms. The predicted molar refractivity (Wildman–Crippen MR) is 100 cm³/mol. The summed E-state index contributed by atoms with van der Waals surface area (Å²) in [6.45, 7) is 4.27. The maximum Gasteiger partial charge on any atom is 0.252 e. The number of fused-ring (bicyclic) bond motifs is 1. The number of thiazole rings is 1. The summed E-state index contributed by atoms with van der Waals surface area (Å²) in [5.41, 5.74) is 4.77. The van der Waals surface area contributed by atoms with E-state index in [9.17, 15) is 4.79 Å². The van der Waals surface area contributed by atoms with Gasteiger partial charge in [-0.2, -0.15) is 4.99 Å². The van der Waals surface area contributed by atoms with Crippen LogP contribution in [0.2, 0.25) is 0 Å². The zero-order chi connectivity index (χ0) is 17.1. The Morgan fingerprint density at radius 3 is 2.42 bits per heavy atom. The molecule has 4 heteroatoms. The molecule has 0 fully saturated rings. The summed E-state index contributed by atoms with van der Waals surface area (Å²) in [6.07, 6.45) is 2.33. The summed E-state index contributed by atoms with van der Waals surface area (Å²) in [5, 5.41) is 0. The predicted octanol–water partition coefficient (Wildman–Crippen LogP) is 4.03. The second kappa shape index (κ2) is 7.14. The molecule has 0 N–H and O–H groups in total. The Kier molecular flexibility index (Phi) is 4.95. The van der Waals surface area contributed by atoms with Gasteiger partial charge in [-0.1, -0.05) is 61.6 Å². The van der Waals surface area contributed by atoms with Crippen molar-refractivity contribution < 1.29 is 4.79 Å². The second-order valence-corrected chi connectivity index (χ2v) is 6.92. The van der Waals surface area contributed by atoms with E-state index in [1.165, 1.54) is 21.3 Å². The average Bonchev–Trinajstić information content (AvgIpc) is 2.91. The number of hydrogen-bond donors (Lipinski definition) is 0. The third-order valence-corrected chi connectivity index (χ3v) is 5.39. The van der Waals surface area contributed by atoms with E-state index >= 15 is 0 Å². The molecule has 1 amide bonds. The van der Waals surface area contributed by atoms with Crippen LogP contribution in [-0.4, -0.2) is 10.5 Å². The summed E-state index contributed by atoms with van der Waals surface area (Å²) >= 11 is 1.57. The molecule has 0 saturated heterocycles. The molecular formula is C20H22N2OS. The zero-order valence-corrected chi connectivity index (χ0v) is 15.2. The quantitative estimate of drug-likeness (QED) is 0.707. The van der Waals surface area contributed by atoms with Gasteiger partial charge < -0.3 is 4.57 Å². The van der Waals surface area contributed by atoms with E-state index in [0.717, 1.165) is 23.2 Å². The summed E-state index contributed by atoms with van der Waals surface area (Å²) in [7, 11) is 1.99. The van der Waals surface area contributed by atoms with Gasteiger partial charge >= 0.3 is 0 Å². The summed E-state index contributed by atoms with van der Waals surface area (Å²) in [5.74, 6) is -0.0977. The molecular weight excluding hydrogens is 316 g/mol. The van der Waals surface area contributed by atoms with E-state index < -0.39 is 0 Å². The molecule has 1 heterocycles. The summed E-state index contributed by atoms with van der Waals surface area (Å²) < 4.78 is 3.22. The van der Waals surface area contributed by atoms with Crippen LogP contribution in [0, 0.1) is 0 Å². The minimum Gasteiger partial charge on any atom is -0.319 e. The molecule has 0 aliphatic rings. The summed E-state index contributed by atoms with van der Waals surface area (Å²) in [4.78, 5) is 17.5. The van der Waals surface area contributed by atoms with Crippen LogP contribution in [0.25, 0.3) is 10.2 Å². The van der Waals surface area contributed by atoms with Crippen molar-refractivity contribution in [3.63, 3.8) is 0 Å². The fourth-order valence-electron chi connectivity index (χ4n) is 2.89. The third-order valence-electron chi connectivity index (χ3n) is 4.29. The molecule has 1 aromatic heterocycles. The van der Waals surface area contributed by atoms with Gasteiger partial charge in [-0.15, -0.1) is 0 Å². The Labute approximate surface area is 146 Å². The van der Waals surface area contributed by atoms with Gasteiger partial charge in [0.25, 0.3) is 5.91 Å². The highest BCUT2D eigenvalue weighted by molar-refractivity contribution is 7.16. The van der Waals surface area contributed by atoms with Crippen molar-refractivity contribution in [2.24, 2.45) is 12.0 Å². The van der Waals surface area contributed by atoms with Crippen molar-refractivity contribution in [1.29, 1.82) is 0 Å². The molecule has 0 saturated carbocycles. The van der Waals surface area contributed by atoms with E-state index in [4.69, 9.17) is 0 Å². The van der Waals surface area contributed by atoms with Crippen molar-refractivity contribution in [3.8, 4) is 0 Å². The molecule has 0 radical (unpaired) electrons. The number of benzene rings is 2. The maximum absolute atomic E-state index is 12.3. The first-order chi connectivity index (χ1) is 11.6. The van der Waals surface area contributed by atoms with Gasteiger partial charge in [-0.05, 0) is 35.6 Å². The highest BCUT2D eigenvalue weighted by Gasteiger charge is 2.08. The first-order valence-electron chi connectivity index (χ1n) is 8.35. The van der Waals surface area contributed by atoms with Crippen molar-refractivity contribution in [3.05, 3.63) is 64.0 Å². The van der Waals surface area contributed by atoms with Crippen LogP contribution < -0.4 is 4.80 Å². The van der Waals surface area contributed by atoms with Crippen molar-refractivity contribution in [2.75, 3.05) is 0 Å². The van der Waals surface area contributed by atoms with Crippen LogP contribution in [0.1, 0.15) is 30.5 Å². The van der Waals surface area contributed by atoms with Crippen LogP contribution >= 0.6 is 11.3 Å². The van der Waals surface area contributed by atoms with Gasteiger partial charge in [0.1, 0.15) is 0 Å². The fraction of sp³-hybridized carbons (Fsp3) is 0.300. The minimum atomic E-state index is -0.0977. The van der Waals surface area contributed by atoms with Crippen LogP contribution in [-0.2, 0) is 31.1 Å². The molecule has 3 nitrogen and oxygen atoms in total. The highest BCUT2D eigenvalue weighted by atomic mass is 32.1. The molecule has 0 bridgehead atoms. The topological polar surface area (TPSA) is 34.4 Å². The molecule has 0 aliphatic carbocycles. The van der Waals surface area contributed by atoms with E-state index in [-0.39, 0.29) is 5.91 Å². The van der Waals surface area contributed by atoms with Crippen LogP contribution in [0.5, 0.6) is 0 Å². The number of amides is 1. The SMILES string of the molecule is CCc1ccc(CC(=O)N=c2sc3cccc(CC)c3n2C)cc1. The first kappa shape index (κ1) is 16.7. The van der Waals surface area contributed by atoms with Crippen molar-refractivity contribution >= 4 is 27.5 Å². The molecule has 0 atom stereocenters. The van der Waals surface area contributed by atoms with Crippen LogP contribution in [0.3, 0.4) is 0 Å². The van der Waals surface area contributed by atoms with Gasteiger partial charge in [0, 0.05) is 7.05 Å². The number of para-hydroxylation sites is 1. The fourth-order valence-corrected chi connectivity index (χ4v) is 3.97. The second-order valence-electron chi connectivity index (χ2n) is 5.91. The molecule has 3 rings (SSSR count). The Morgan fingerprint density at radius 2 is 1.75 bits per heavy atom. The lowest BCUT2D eigenvalue weighted by Gasteiger charge is -2.02.